The van der Waals surface area contributed by atoms with Gasteiger partial charge in [0.05, 0.1) is 0 Å². The van der Waals surface area contributed by atoms with Crippen LogP contribution in [-0.2, 0) is 6.54 Å². The van der Waals surface area contributed by atoms with Crippen LogP contribution in [0.5, 0.6) is 5.75 Å². The molecule has 0 fully saturated rings. The molecule has 17 heavy (non-hydrogen) atoms. The number of phenols is 1. The van der Waals surface area contributed by atoms with Gasteiger partial charge in [0.1, 0.15) is 11.6 Å². The highest BCUT2D eigenvalue weighted by atomic mass is 16.3. The molecule has 0 aliphatic rings. The van der Waals surface area contributed by atoms with Gasteiger partial charge in [0.15, 0.2) is 0 Å². The van der Waals surface area contributed by atoms with Crippen molar-refractivity contribution in [1.82, 2.24) is 4.98 Å². The van der Waals surface area contributed by atoms with E-state index >= 15 is 0 Å². The Balaban J connectivity index is 2.13. The highest BCUT2D eigenvalue weighted by molar-refractivity contribution is 5.55. The number of phenolic OH excluding ortho intramolecular Hbond substituents is 1. The number of hydrogen-bond donors (Lipinski definition) is 3. The van der Waals surface area contributed by atoms with Gasteiger partial charge in [-0.3, -0.25) is 0 Å². The third kappa shape index (κ3) is 2.66. The van der Waals surface area contributed by atoms with Crippen molar-refractivity contribution in [1.29, 1.82) is 0 Å². The first-order valence-electron chi connectivity index (χ1n) is 5.39. The zero-order valence-corrected chi connectivity index (χ0v) is 9.64. The number of benzene rings is 1. The standard InChI is InChI=1S/C13H15N3O/c1-9-5-6-15-13(7-9)16-8-10-11(14)3-2-4-12(10)17/h2-7,17H,8,14H2,1H3,(H,15,16). The van der Waals surface area contributed by atoms with Gasteiger partial charge in [-0.15, -0.1) is 0 Å². The van der Waals surface area contributed by atoms with Crippen molar-refractivity contribution >= 4 is 11.5 Å². The highest BCUT2D eigenvalue weighted by Crippen LogP contribution is 2.23. The molecule has 0 saturated heterocycles. The van der Waals surface area contributed by atoms with E-state index in [2.05, 4.69) is 10.3 Å². The number of rotatable bonds is 3. The van der Waals surface area contributed by atoms with Crippen LogP contribution in [0, 0.1) is 6.92 Å². The van der Waals surface area contributed by atoms with E-state index in [1.54, 1.807) is 24.4 Å². The summed E-state index contributed by atoms with van der Waals surface area (Å²) in [4.78, 5) is 4.18. The van der Waals surface area contributed by atoms with Crippen LogP contribution in [0.15, 0.2) is 36.5 Å². The predicted octanol–water partition coefficient (Wildman–Crippen LogP) is 2.29. The molecular formula is C13H15N3O. The molecule has 0 saturated carbocycles. The average Bonchev–Trinajstić information content (AvgIpc) is 2.28. The minimum Gasteiger partial charge on any atom is -0.508 e. The van der Waals surface area contributed by atoms with Crippen LogP contribution in [0.1, 0.15) is 11.1 Å². The fourth-order valence-electron chi connectivity index (χ4n) is 1.60. The van der Waals surface area contributed by atoms with E-state index in [4.69, 9.17) is 5.73 Å². The minimum atomic E-state index is 0.199. The fraction of sp³-hybridized carbons (Fsp3) is 0.154. The Bertz CT molecular complexity index is 506. The summed E-state index contributed by atoms with van der Waals surface area (Å²) in [7, 11) is 0. The molecule has 4 heteroatoms. The molecule has 4 N–H and O–H groups in total. The van der Waals surface area contributed by atoms with Crippen molar-refractivity contribution in [2.24, 2.45) is 0 Å². The topological polar surface area (TPSA) is 71.2 Å². The molecule has 0 unspecified atom stereocenters. The first-order chi connectivity index (χ1) is 8.16. The van der Waals surface area contributed by atoms with Gasteiger partial charge in [0.2, 0.25) is 0 Å². The first kappa shape index (κ1) is 11.3. The lowest BCUT2D eigenvalue weighted by atomic mass is 10.1. The number of nitrogens with zero attached hydrogens (tertiary/aromatic N) is 1. The van der Waals surface area contributed by atoms with E-state index in [1.807, 2.05) is 19.1 Å². The normalized spacial score (nSPS) is 10.2. The quantitative estimate of drug-likeness (QED) is 0.706. The van der Waals surface area contributed by atoms with Crippen LogP contribution in [-0.4, -0.2) is 10.1 Å². The average molecular weight is 229 g/mol. The Labute approximate surface area is 100 Å². The molecule has 0 aliphatic heterocycles. The molecule has 0 radical (unpaired) electrons. The SMILES string of the molecule is Cc1ccnc(NCc2c(N)cccc2O)c1. The zero-order valence-electron chi connectivity index (χ0n) is 9.64. The smallest absolute Gasteiger partial charge is 0.126 e. The third-order valence-electron chi connectivity index (χ3n) is 2.55. The van der Waals surface area contributed by atoms with Crippen LogP contribution in [0.4, 0.5) is 11.5 Å². The van der Waals surface area contributed by atoms with E-state index in [0.717, 1.165) is 11.4 Å². The number of aromatic nitrogens is 1. The van der Waals surface area contributed by atoms with Gasteiger partial charge in [-0.2, -0.15) is 0 Å². The molecule has 1 aromatic heterocycles. The van der Waals surface area contributed by atoms with Crippen molar-refractivity contribution in [3.05, 3.63) is 47.7 Å². The summed E-state index contributed by atoms with van der Waals surface area (Å²) < 4.78 is 0. The maximum atomic E-state index is 9.68. The molecule has 4 nitrogen and oxygen atoms in total. The molecule has 0 bridgehead atoms. The number of hydrogen-bond acceptors (Lipinski definition) is 4. The molecule has 1 heterocycles. The Morgan fingerprint density at radius 1 is 1.35 bits per heavy atom. The van der Waals surface area contributed by atoms with E-state index in [-0.39, 0.29) is 5.75 Å². The lowest BCUT2D eigenvalue weighted by Crippen LogP contribution is -2.04. The lowest BCUT2D eigenvalue weighted by molar-refractivity contribution is 0.469. The molecule has 0 aliphatic carbocycles. The predicted molar refractivity (Wildman–Crippen MR) is 68.8 cm³/mol. The summed E-state index contributed by atoms with van der Waals surface area (Å²) in [6.45, 7) is 2.45. The van der Waals surface area contributed by atoms with Gasteiger partial charge in [0, 0.05) is 24.0 Å². The van der Waals surface area contributed by atoms with Crippen molar-refractivity contribution < 1.29 is 5.11 Å². The van der Waals surface area contributed by atoms with Gasteiger partial charge >= 0.3 is 0 Å². The molecule has 2 rings (SSSR count). The van der Waals surface area contributed by atoms with Gasteiger partial charge in [-0.1, -0.05) is 6.07 Å². The molecule has 88 valence electrons. The maximum absolute atomic E-state index is 9.68. The van der Waals surface area contributed by atoms with E-state index in [9.17, 15) is 5.11 Å². The zero-order chi connectivity index (χ0) is 12.3. The van der Waals surface area contributed by atoms with Crippen molar-refractivity contribution in [2.75, 3.05) is 11.1 Å². The number of aryl methyl sites for hydroxylation is 1. The highest BCUT2D eigenvalue weighted by Gasteiger charge is 2.04. The summed E-state index contributed by atoms with van der Waals surface area (Å²) in [6.07, 6.45) is 1.74. The second kappa shape index (κ2) is 4.74. The third-order valence-corrected chi connectivity index (χ3v) is 2.55. The summed E-state index contributed by atoms with van der Waals surface area (Å²) in [5.74, 6) is 0.970. The summed E-state index contributed by atoms with van der Waals surface area (Å²) in [6, 6.07) is 8.98. The van der Waals surface area contributed by atoms with Crippen LogP contribution < -0.4 is 11.1 Å². The number of nitrogens with two attached hydrogens (primary N) is 1. The molecule has 0 amide bonds. The molecular weight excluding hydrogens is 214 g/mol. The largest absolute Gasteiger partial charge is 0.508 e. The summed E-state index contributed by atoms with van der Waals surface area (Å²) >= 11 is 0. The summed E-state index contributed by atoms with van der Waals surface area (Å²) in [5, 5.41) is 12.8. The van der Waals surface area contributed by atoms with Crippen molar-refractivity contribution in [2.45, 2.75) is 13.5 Å². The molecule has 0 atom stereocenters. The van der Waals surface area contributed by atoms with E-state index in [0.29, 0.717) is 17.8 Å². The van der Waals surface area contributed by atoms with Crippen LogP contribution >= 0.6 is 0 Å². The van der Waals surface area contributed by atoms with Gasteiger partial charge in [-0.05, 0) is 36.8 Å². The Morgan fingerprint density at radius 2 is 2.18 bits per heavy atom. The summed E-state index contributed by atoms with van der Waals surface area (Å²) in [5.41, 5.74) is 8.19. The number of anilines is 2. The Morgan fingerprint density at radius 3 is 2.88 bits per heavy atom. The second-order valence-corrected chi connectivity index (χ2v) is 3.92. The van der Waals surface area contributed by atoms with Crippen LogP contribution in [0.2, 0.25) is 0 Å². The lowest BCUT2D eigenvalue weighted by Gasteiger charge is -2.10. The maximum Gasteiger partial charge on any atom is 0.126 e. The van der Waals surface area contributed by atoms with Crippen LogP contribution in [0.3, 0.4) is 0 Å². The Kier molecular flexibility index (Phi) is 3.14. The number of nitrogen functional groups attached to an aromatic ring is 1. The van der Waals surface area contributed by atoms with Crippen molar-refractivity contribution in [3.8, 4) is 5.75 Å². The molecule has 1 aromatic carbocycles. The second-order valence-electron chi connectivity index (χ2n) is 3.92. The van der Waals surface area contributed by atoms with E-state index in [1.165, 1.54) is 0 Å². The minimum absolute atomic E-state index is 0.199. The van der Waals surface area contributed by atoms with E-state index < -0.39 is 0 Å². The molecule has 2 aromatic rings. The monoisotopic (exact) mass is 229 g/mol. The number of pyridine rings is 1. The Hall–Kier alpha value is -2.23. The van der Waals surface area contributed by atoms with Gasteiger partial charge < -0.3 is 16.2 Å². The number of nitrogens with one attached hydrogen (secondary N) is 1. The fourth-order valence-corrected chi connectivity index (χ4v) is 1.60. The van der Waals surface area contributed by atoms with Crippen LogP contribution in [0.25, 0.3) is 0 Å². The number of aromatic hydroxyl groups is 1. The van der Waals surface area contributed by atoms with Crippen molar-refractivity contribution in [3.63, 3.8) is 0 Å². The molecule has 0 spiro atoms. The van der Waals surface area contributed by atoms with Gasteiger partial charge in [0.25, 0.3) is 0 Å². The first-order valence-corrected chi connectivity index (χ1v) is 5.39. The van der Waals surface area contributed by atoms with Gasteiger partial charge in [-0.25, -0.2) is 4.98 Å².